The van der Waals surface area contributed by atoms with Crippen LogP contribution in [0.15, 0.2) is 37.4 Å². The Morgan fingerprint density at radius 1 is 1.14 bits per heavy atom. The molecule has 0 aliphatic heterocycles. The number of hydrogen-bond acceptors (Lipinski definition) is 2. The van der Waals surface area contributed by atoms with Crippen LogP contribution in [0.5, 0.6) is 0 Å². The van der Waals surface area contributed by atoms with Crippen LogP contribution in [-0.4, -0.2) is 19.1 Å². The molecule has 4 nitrogen and oxygen atoms in total. The van der Waals surface area contributed by atoms with Crippen LogP contribution < -0.4 is 0 Å². The third-order valence-electron chi connectivity index (χ3n) is 1.77. The second-order valence-corrected chi connectivity index (χ2v) is 3.76. The zero-order chi connectivity index (χ0) is 9.10. The zero-order valence-corrected chi connectivity index (χ0v) is 9.81. The molecule has 0 radical (unpaired) electrons. The molecule has 6 heteroatoms. The molecule has 78 valence electrons. The molecule has 14 heavy (non-hydrogen) atoms. The van der Waals surface area contributed by atoms with Crippen LogP contribution in [-0.2, 0) is 23.0 Å². The Bertz CT molecular complexity index is 345. The summed E-state index contributed by atoms with van der Waals surface area (Å²) in [5.41, 5.74) is 0. The van der Waals surface area contributed by atoms with E-state index in [2.05, 4.69) is 25.9 Å². The first kappa shape index (κ1) is 11.5. The molecular formula is C8H9BrN4Ni. The van der Waals surface area contributed by atoms with Crippen molar-refractivity contribution < 1.29 is 16.5 Å². The Morgan fingerprint density at radius 2 is 1.86 bits per heavy atom. The maximum absolute atomic E-state index is 3.98. The topological polar surface area (TPSA) is 35.6 Å². The van der Waals surface area contributed by atoms with Crippen LogP contribution >= 0.6 is 15.9 Å². The molecule has 0 aliphatic carbocycles. The van der Waals surface area contributed by atoms with Gasteiger partial charge in [0, 0.05) is 41.3 Å². The minimum Gasteiger partial charge on any atom is -0.335 e. The van der Waals surface area contributed by atoms with E-state index in [-0.39, 0.29) is 21.4 Å². The summed E-state index contributed by atoms with van der Waals surface area (Å²) in [5, 5.41) is 0. The molecule has 1 unspecified atom stereocenters. The SMILES string of the molecule is BrC(Cn1ccnc1)n1ccnc1.[Ni]. The van der Waals surface area contributed by atoms with Crippen LogP contribution in [0.1, 0.15) is 4.95 Å². The second-order valence-electron chi connectivity index (χ2n) is 2.70. The third-order valence-corrected chi connectivity index (χ3v) is 2.53. The zero-order valence-electron chi connectivity index (χ0n) is 7.23. The van der Waals surface area contributed by atoms with Gasteiger partial charge in [0.2, 0.25) is 0 Å². The van der Waals surface area contributed by atoms with Gasteiger partial charge in [0.15, 0.2) is 0 Å². The quantitative estimate of drug-likeness (QED) is 0.638. The minimum absolute atomic E-state index is 0. The number of aromatic nitrogens is 4. The molecule has 0 aromatic carbocycles. The van der Waals surface area contributed by atoms with E-state index in [1.54, 1.807) is 25.0 Å². The van der Waals surface area contributed by atoms with Gasteiger partial charge in [0.05, 0.1) is 19.2 Å². The van der Waals surface area contributed by atoms with E-state index in [9.17, 15) is 0 Å². The summed E-state index contributed by atoms with van der Waals surface area (Å²) in [6, 6.07) is 0. The summed E-state index contributed by atoms with van der Waals surface area (Å²) in [4.78, 5) is 8.18. The summed E-state index contributed by atoms with van der Waals surface area (Å²) in [5.74, 6) is 0. The number of halogens is 1. The monoisotopic (exact) mass is 298 g/mol. The van der Waals surface area contributed by atoms with Gasteiger partial charge in [0.1, 0.15) is 4.95 Å². The summed E-state index contributed by atoms with van der Waals surface area (Å²) < 4.78 is 4.01. The first-order chi connectivity index (χ1) is 6.36. The van der Waals surface area contributed by atoms with Crippen molar-refractivity contribution in [3.8, 4) is 0 Å². The van der Waals surface area contributed by atoms with Crippen molar-refractivity contribution in [3.05, 3.63) is 37.4 Å². The van der Waals surface area contributed by atoms with Crippen molar-refractivity contribution in [1.82, 2.24) is 19.1 Å². The smallest absolute Gasteiger partial charge is 0.108 e. The molecule has 2 rings (SSSR count). The second kappa shape index (κ2) is 5.32. The molecule has 0 spiro atoms. The number of rotatable bonds is 3. The van der Waals surface area contributed by atoms with Gasteiger partial charge in [-0.1, -0.05) is 15.9 Å². The summed E-state index contributed by atoms with van der Waals surface area (Å²) >= 11 is 3.56. The van der Waals surface area contributed by atoms with Crippen LogP contribution in [0.3, 0.4) is 0 Å². The van der Waals surface area contributed by atoms with Gasteiger partial charge in [-0.15, -0.1) is 0 Å². The average Bonchev–Trinajstić information content (AvgIpc) is 2.74. The number of hydrogen-bond donors (Lipinski definition) is 0. The van der Waals surface area contributed by atoms with Crippen molar-refractivity contribution in [2.75, 3.05) is 0 Å². The van der Waals surface area contributed by atoms with Crippen molar-refractivity contribution in [2.24, 2.45) is 0 Å². The van der Waals surface area contributed by atoms with Crippen LogP contribution in [0.2, 0.25) is 0 Å². The van der Waals surface area contributed by atoms with E-state index in [0.717, 1.165) is 6.54 Å². The van der Waals surface area contributed by atoms with Gasteiger partial charge < -0.3 is 9.13 Å². The van der Waals surface area contributed by atoms with E-state index in [0.29, 0.717) is 0 Å². The van der Waals surface area contributed by atoms with Gasteiger partial charge in [-0.2, -0.15) is 0 Å². The molecule has 1 atom stereocenters. The van der Waals surface area contributed by atoms with Crippen LogP contribution in [0.25, 0.3) is 0 Å². The average molecular weight is 300 g/mol. The van der Waals surface area contributed by atoms with Gasteiger partial charge in [-0.05, 0) is 0 Å². The molecule has 0 N–H and O–H groups in total. The van der Waals surface area contributed by atoms with Gasteiger partial charge in [0.25, 0.3) is 0 Å². The van der Waals surface area contributed by atoms with Gasteiger partial charge in [-0.25, -0.2) is 9.97 Å². The Morgan fingerprint density at radius 3 is 2.43 bits per heavy atom. The predicted molar refractivity (Wildman–Crippen MR) is 52.4 cm³/mol. The number of nitrogens with zero attached hydrogens (tertiary/aromatic N) is 4. The van der Waals surface area contributed by atoms with Crippen molar-refractivity contribution >= 4 is 15.9 Å². The fourth-order valence-electron chi connectivity index (χ4n) is 1.10. The fourth-order valence-corrected chi connectivity index (χ4v) is 1.67. The maximum Gasteiger partial charge on any atom is 0.108 e. The third kappa shape index (κ3) is 2.69. The Kier molecular flexibility index (Phi) is 4.36. The molecule has 0 bridgehead atoms. The molecular weight excluding hydrogens is 291 g/mol. The van der Waals surface area contributed by atoms with Crippen molar-refractivity contribution in [1.29, 1.82) is 0 Å². The molecule has 2 aromatic rings. The molecule has 2 aromatic heterocycles. The molecule has 0 aliphatic rings. The normalized spacial score (nSPS) is 12.1. The van der Waals surface area contributed by atoms with Crippen molar-refractivity contribution in [2.45, 2.75) is 11.5 Å². The molecule has 0 amide bonds. The number of imidazole rings is 2. The van der Waals surface area contributed by atoms with Crippen molar-refractivity contribution in [3.63, 3.8) is 0 Å². The molecule has 0 saturated heterocycles. The largest absolute Gasteiger partial charge is 0.335 e. The van der Waals surface area contributed by atoms with E-state index in [1.807, 2.05) is 21.5 Å². The molecule has 2 heterocycles. The summed E-state index contributed by atoms with van der Waals surface area (Å²) in [7, 11) is 0. The molecule has 0 fully saturated rings. The summed E-state index contributed by atoms with van der Waals surface area (Å²) in [6.07, 6.45) is 11.0. The first-order valence-electron chi connectivity index (χ1n) is 3.93. The van der Waals surface area contributed by atoms with E-state index in [1.165, 1.54) is 0 Å². The Labute approximate surface area is 100 Å². The van der Waals surface area contributed by atoms with E-state index < -0.39 is 0 Å². The van der Waals surface area contributed by atoms with Gasteiger partial charge in [-0.3, -0.25) is 0 Å². The first-order valence-corrected chi connectivity index (χ1v) is 4.85. The van der Waals surface area contributed by atoms with E-state index >= 15 is 0 Å². The minimum atomic E-state index is 0. The Hall–Kier alpha value is -0.606. The standard InChI is InChI=1S/C8H9BrN4.Ni/c9-8(13-4-2-11-7-13)5-12-3-1-10-6-12;/h1-4,6-8H,5H2;. The molecule has 0 saturated carbocycles. The Balaban J connectivity index is 0.000000980. The number of alkyl halides is 1. The van der Waals surface area contributed by atoms with Crippen LogP contribution in [0, 0.1) is 0 Å². The van der Waals surface area contributed by atoms with Crippen LogP contribution in [0.4, 0.5) is 0 Å². The fraction of sp³-hybridized carbons (Fsp3) is 0.250. The predicted octanol–water partition coefficient (Wildman–Crippen LogP) is 1.67. The summed E-state index contributed by atoms with van der Waals surface area (Å²) in [6.45, 7) is 0.844. The van der Waals surface area contributed by atoms with E-state index in [4.69, 9.17) is 0 Å². The maximum atomic E-state index is 3.98. The van der Waals surface area contributed by atoms with Gasteiger partial charge >= 0.3 is 0 Å².